The van der Waals surface area contributed by atoms with Crippen LogP contribution in [0.2, 0.25) is 0 Å². The summed E-state index contributed by atoms with van der Waals surface area (Å²) in [5, 5.41) is 6.91. The highest BCUT2D eigenvalue weighted by Gasteiger charge is 2.47. The second-order valence-electron chi connectivity index (χ2n) is 9.82. The highest BCUT2D eigenvalue weighted by Crippen LogP contribution is 2.37. The average molecular weight is 552 g/mol. The van der Waals surface area contributed by atoms with Crippen molar-refractivity contribution in [1.29, 1.82) is 0 Å². The van der Waals surface area contributed by atoms with Gasteiger partial charge in [-0.15, -0.1) is 5.10 Å². The summed E-state index contributed by atoms with van der Waals surface area (Å²) >= 11 is 0. The van der Waals surface area contributed by atoms with Gasteiger partial charge in [0, 0.05) is 6.54 Å². The summed E-state index contributed by atoms with van der Waals surface area (Å²) in [4.78, 5) is 10.1. The molecule has 2 aliphatic heterocycles. The number of hydrogen-bond donors (Lipinski definition) is 1. The highest BCUT2D eigenvalue weighted by molar-refractivity contribution is 5.90. The number of anilines is 1. The molecule has 0 amide bonds. The normalized spacial score (nSPS) is 20.0. The van der Waals surface area contributed by atoms with Crippen molar-refractivity contribution in [2.24, 2.45) is 0 Å². The number of likely N-dealkylation sites (tertiary alicyclic amines) is 1. The van der Waals surface area contributed by atoms with Gasteiger partial charge in [-0.05, 0) is 31.0 Å². The van der Waals surface area contributed by atoms with E-state index in [0.29, 0.717) is 31.1 Å². The zero-order valence-electron chi connectivity index (χ0n) is 21.2. The van der Waals surface area contributed by atoms with Crippen molar-refractivity contribution in [1.82, 2.24) is 29.0 Å². The lowest BCUT2D eigenvalue weighted by molar-refractivity contribution is -0.131. The number of methoxy groups -OCH3 is 1. The third-order valence-electron chi connectivity index (χ3n) is 7.41. The molecule has 208 valence electrons. The van der Waals surface area contributed by atoms with Gasteiger partial charge in [-0.3, -0.25) is 4.90 Å². The molecule has 0 bridgehead atoms. The molecule has 0 saturated carbocycles. The van der Waals surface area contributed by atoms with E-state index in [2.05, 4.69) is 20.4 Å². The van der Waals surface area contributed by atoms with Gasteiger partial charge in [-0.25, -0.2) is 31.5 Å². The Balaban J connectivity index is 1.37. The second-order valence-corrected chi connectivity index (χ2v) is 9.82. The molecule has 0 aliphatic carbocycles. The number of aromatic nitrogens is 5. The predicted octanol–water partition coefficient (Wildman–Crippen LogP) is 3.83. The van der Waals surface area contributed by atoms with E-state index in [1.807, 2.05) is 0 Å². The fraction of sp³-hybridized carbons (Fsp3) is 0.480. The van der Waals surface area contributed by atoms with Crippen LogP contribution in [-0.2, 0) is 11.3 Å². The molecule has 5 heterocycles. The first-order valence-electron chi connectivity index (χ1n) is 12.5. The summed E-state index contributed by atoms with van der Waals surface area (Å²) in [6.07, 6.45) is 1.19. The summed E-state index contributed by atoms with van der Waals surface area (Å²) in [6, 6.07) is 1.39. The number of halogens is 5. The molecule has 1 N–H and O–H groups in total. The number of imidazole rings is 1. The van der Waals surface area contributed by atoms with Gasteiger partial charge in [0.15, 0.2) is 11.6 Å². The number of rotatable bonds is 7. The lowest BCUT2D eigenvalue weighted by Crippen LogP contribution is -2.61. The van der Waals surface area contributed by atoms with Gasteiger partial charge in [0.1, 0.15) is 23.5 Å². The molecule has 1 atom stereocenters. The van der Waals surface area contributed by atoms with E-state index < -0.39 is 36.8 Å². The van der Waals surface area contributed by atoms with Crippen molar-refractivity contribution in [3.8, 4) is 17.0 Å². The van der Waals surface area contributed by atoms with Crippen molar-refractivity contribution < 1.29 is 31.4 Å². The topological polar surface area (TPSA) is 81.7 Å². The number of ether oxygens (including phenoxy) is 2. The maximum atomic E-state index is 15.4. The van der Waals surface area contributed by atoms with Gasteiger partial charge in [0.2, 0.25) is 11.8 Å². The number of nitrogens with zero attached hydrogens (tertiary/aromatic N) is 6. The molecule has 2 fully saturated rings. The van der Waals surface area contributed by atoms with E-state index in [9.17, 15) is 4.39 Å². The summed E-state index contributed by atoms with van der Waals surface area (Å²) in [6.45, 7) is 1.82. The Morgan fingerprint density at radius 1 is 1.18 bits per heavy atom. The third kappa shape index (κ3) is 4.35. The third-order valence-corrected chi connectivity index (χ3v) is 7.41. The lowest BCUT2D eigenvalue weighted by Gasteiger charge is -2.44. The van der Waals surface area contributed by atoms with Crippen LogP contribution in [0.5, 0.6) is 5.88 Å². The van der Waals surface area contributed by atoms with Crippen LogP contribution in [0.1, 0.15) is 12.2 Å². The summed E-state index contributed by atoms with van der Waals surface area (Å²) in [5.74, 6) is -4.37. The standard InChI is InChI=1S/C25H26F5N7O2/c1-13-31-21-16(27)7-14(8-18(21)36(13)6-4-26)20-17(28)9-37-22(20)23(38-2)33-24(34-37)32-19-3-5-35(12-25(19,29)30)15-10-39-11-15/h7-9,15,19H,3-6,10-12H2,1-2H3,(H,32,34)/t19-/m1/s1. The van der Waals surface area contributed by atoms with Crippen LogP contribution in [0.3, 0.4) is 0 Å². The van der Waals surface area contributed by atoms with Crippen molar-refractivity contribution in [3.05, 3.63) is 35.8 Å². The van der Waals surface area contributed by atoms with Gasteiger partial charge in [-0.2, -0.15) is 4.98 Å². The fourth-order valence-electron chi connectivity index (χ4n) is 5.35. The van der Waals surface area contributed by atoms with Gasteiger partial charge in [0.05, 0.1) is 62.8 Å². The molecule has 0 spiro atoms. The molecule has 0 unspecified atom stereocenters. The maximum absolute atomic E-state index is 15.4. The Bertz CT molecular complexity index is 1550. The minimum atomic E-state index is -3.07. The smallest absolute Gasteiger partial charge is 0.280 e. The lowest BCUT2D eigenvalue weighted by atomic mass is 9.98. The minimum absolute atomic E-state index is 0.00521. The number of alkyl halides is 3. The van der Waals surface area contributed by atoms with Gasteiger partial charge < -0.3 is 19.4 Å². The van der Waals surface area contributed by atoms with E-state index >= 15 is 17.6 Å². The number of piperidine rings is 1. The number of aryl methyl sites for hydroxylation is 2. The fourth-order valence-corrected chi connectivity index (χ4v) is 5.35. The van der Waals surface area contributed by atoms with Gasteiger partial charge in [-0.1, -0.05) is 0 Å². The molecule has 4 aromatic rings. The van der Waals surface area contributed by atoms with Crippen LogP contribution in [-0.4, -0.2) is 87.1 Å². The molecular formula is C25H26F5N7O2. The average Bonchev–Trinajstić information content (AvgIpc) is 3.35. The Kier molecular flexibility index (Phi) is 6.33. The first kappa shape index (κ1) is 25.7. The Morgan fingerprint density at radius 2 is 1.97 bits per heavy atom. The van der Waals surface area contributed by atoms with Crippen molar-refractivity contribution in [2.75, 3.05) is 45.4 Å². The molecular weight excluding hydrogens is 525 g/mol. The zero-order chi connectivity index (χ0) is 27.5. The van der Waals surface area contributed by atoms with Crippen LogP contribution in [0, 0.1) is 18.6 Å². The number of nitrogens with one attached hydrogen (secondary N) is 1. The Hall–Kier alpha value is -3.52. The maximum Gasteiger partial charge on any atom is 0.280 e. The Morgan fingerprint density at radius 3 is 2.64 bits per heavy atom. The SMILES string of the molecule is COc1nc(N[C@@H]2CCN(C3COC3)CC2(F)F)nn2cc(F)c(-c3cc(F)c4nc(C)n(CCF)c4c3)c12. The van der Waals surface area contributed by atoms with Crippen molar-refractivity contribution >= 4 is 22.5 Å². The van der Waals surface area contributed by atoms with Crippen LogP contribution >= 0.6 is 0 Å². The summed E-state index contributed by atoms with van der Waals surface area (Å²) in [5.41, 5.74) is 0.520. The molecule has 2 saturated heterocycles. The molecule has 39 heavy (non-hydrogen) atoms. The summed E-state index contributed by atoms with van der Waals surface area (Å²) < 4.78 is 86.7. The van der Waals surface area contributed by atoms with Gasteiger partial charge >= 0.3 is 0 Å². The summed E-state index contributed by atoms with van der Waals surface area (Å²) in [7, 11) is 1.30. The van der Waals surface area contributed by atoms with E-state index in [1.165, 1.54) is 17.7 Å². The second kappa shape index (κ2) is 9.59. The van der Waals surface area contributed by atoms with Crippen molar-refractivity contribution in [3.63, 3.8) is 0 Å². The van der Waals surface area contributed by atoms with Crippen LogP contribution in [0.15, 0.2) is 18.3 Å². The van der Waals surface area contributed by atoms with Crippen LogP contribution in [0.25, 0.3) is 27.7 Å². The number of fused-ring (bicyclic) bond motifs is 2. The zero-order valence-corrected chi connectivity index (χ0v) is 21.2. The first-order valence-corrected chi connectivity index (χ1v) is 12.5. The molecule has 2 aliphatic rings. The van der Waals surface area contributed by atoms with E-state index in [-0.39, 0.29) is 53.0 Å². The molecule has 9 nitrogen and oxygen atoms in total. The molecule has 0 radical (unpaired) electrons. The van der Waals surface area contributed by atoms with Crippen LogP contribution < -0.4 is 10.1 Å². The largest absolute Gasteiger partial charge is 0.479 e. The molecule has 1 aromatic carbocycles. The van der Waals surface area contributed by atoms with E-state index in [0.717, 1.165) is 16.8 Å². The van der Waals surface area contributed by atoms with Crippen LogP contribution in [0.4, 0.5) is 27.9 Å². The van der Waals surface area contributed by atoms with Gasteiger partial charge in [0.25, 0.3) is 5.92 Å². The highest BCUT2D eigenvalue weighted by atomic mass is 19.3. The first-order chi connectivity index (χ1) is 18.7. The van der Waals surface area contributed by atoms with Crippen molar-refractivity contribution in [2.45, 2.75) is 37.9 Å². The van der Waals surface area contributed by atoms with E-state index in [4.69, 9.17) is 9.47 Å². The molecule has 6 rings (SSSR count). The molecule has 14 heteroatoms. The number of benzene rings is 1. The molecule has 3 aromatic heterocycles. The minimum Gasteiger partial charge on any atom is -0.479 e. The van der Waals surface area contributed by atoms with E-state index in [1.54, 1.807) is 11.8 Å². The quantitative estimate of drug-likeness (QED) is 0.350. The predicted molar refractivity (Wildman–Crippen MR) is 132 cm³/mol. The number of hydrogen-bond acceptors (Lipinski definition) is 7. The Labute approximate surface area is 219 Å². The monoisotopic (exact) mass is 551 g/mol.